The lowest BCUT2D eigenvalue weighted by atomic mass is 9.86. The summed E-state index contributed by atoms with van der Waals surface area (Å²) < 4.78 is 5.77. The molecule has 0 unspecified atom stereocenters. The zero-order chi connectivity index (χ0) is 19.2. The highest BCUT2D eigenvalue weighted by atomic mass is 16.5. The van der Waals surface area contributed by atoms with E-state index in [9.17, 15) is 4.79 Å². The first-order chi connectivity index (χ1) is 12.3. The van der Waals surface area contributed by atoms with Crippen LogP contribution in [0, 0.1) is 0 Å². The third-order valence-electron chi connectivity index (χ3n) is 4.33. The van der Waals surface area contributed by atoms with Gasteiger partial charge in [0.15, 0.2) is 6.61 Å². The Balaban J connectivity index is 1.96. The Kier molecular flexibility index (Phi) is 6.67. The molecule has 1 N–H and O–H groups in total. The molecule has 1 amide bonds. The zero-order valence-electron chi connectivity index (χ0n) is 16.5. The largest absolute Gasteiger partial charge is 0.483 e. The van der Waals surface area contributed by atoms with Crippen molar-refractivity contribution in [3.63, 3.8) is 0 Å². The van der Waals surface area contributed by atoms with Crippen molar-refractivity contribution < 1.29 is 9.53 Å². The standard InChI is InChI=1S/C22H30N2O2/c1-6-24(7-2)18-14-12-17(13-15-18)23-21(25)16-26-20-11-9-8-10-19(20)22(3,4)5/h8-15H,6-7,16H2,1-5H3,(H,23,25). The second-order valence-electron chi connectivity index (χ2n) is 7.30. The molecule has 0 heterocycles. The summed E-state index contributed by atoms with van der Waals surface area (Å²) in [6.45, 7) is 12.6. The van der Waals surface area contributed by atoms with E-state index in [2.05, 4.69) is 44.8 Å². The maximum atomic E-state index is 12.2. The molecule has 0 aliphatic rings. The Labute approximate surface area is 157 Å². The molecule has 2 rings (SSSR count). The lowest BCUT2D eigenvalue weighted by molar-refractivity contribution is -0.118. The number of rotatable bonds is 7. The molecular formula is C22H30N2O2. The van der Waals surface area contributed by atoms with Gasteiger partial charge < -0.3 is 15.0 Å². The molecule has 0 aliphatic heterocycles. The van der Waals surface area contributed by atoms with Crippen LogP contribution in [0.2, 0.25) is 0 Å². The first-order valence-corrected chi connectivity index (χ1v) is 9.22. The summed E-state index contributed by atoms with van der Waals surface area (Å²) in [5, 5.41) is 2.89. The van der Waals surface area contributed by atoms with Crippen molar-refractivity contribution in [2.75, 3.05) is 29.9 Å². The average molecular weight is 354 g/mol. The summed E-state index contributed by atoms with van der Waals surface area (Å²) in [6, 6.07) is 15.8. The Morgan fingerprint density at radius 1 is 1.00 bits per heavy atom. The van der Waals surface area contributed by atoms with Gasteiger partial charge in [-0.3, -0.25) is 4.79 Å². The maximum absolute atomic E-state index is 12.2. The van der Waals surface area contributed by atoms with E-state index < -0.39 is 0 Å². The van der Waals surface area contributed by atoms with Crippen LogP contribution in [0.5, 0.6) is 5.75 Å². The second kappa shape index (κ2) is 8.75. The third-order valence-corrected chi connectivity index (χ3v) is 4.33. The molecule has 0 spiro atoms. The molecule has 2 aromatic carbocycles. The van der Waals surface area contributed by atoms with Crippen molar-refractivity contribution in [1.29, 1.82) is 0 Å². The van der Waals surface area contributed by atoms with Crippen LogP contribution in [0.25, 0.3) is 0 Å². The highest BCUT2D eigenvalue weighted by molar-refractivity contribution is 5.92. The van der Waals surface area contributed by atoms with E-state index in [-0.39, 0.29) is 17.9 Å². The molecule has 0 saturated carbocycles. The van der Waals surface area contributed by atoms with Crippen molar-refractivity contribution in [1.82, 2.24) is 0 Å². The number of ether oxygens (including phenoxy) is 1. The molecule has 0 aliphatic carbocycles. The summed E-state index contributed by atoms with van der Waals surface area (Å²) in [5.41, 5.74) is 2.99. The smallest absolute Gasteiger partial charge is 0.262 e. The van der Waals surface area contributed by atoms with Gasteiger partial charge in [-0.1, -0.05) is 39.0 Å². The number of amides is 1. The molecular weight excluding hydrogens is 324 g/mol. The van der Waals surface area contributed by atoms with E-state index in [1.807, 2.05) is 48.5 Å². The Morgan fingerprint density at radius 2 is 1.62 bits per heavy atom. The van der Waals surface area contributed by atoms with Crippen LogP contribution in [0.3, 0.4) is 0 Å². The molecule has 140 valence electrons. The van der Waals surface area contributed by atoms with E-state index in [1.54, 1.807) is 0 Å². The Hall–Kier alpha value is -2.49. The lowest BCUT2D eigenvalue weighted by Crippen LogP contribution is -2.23. The van der Waals surface area contributed by atoms with Crippen LogP contribution in [0.15, 0.2) is 48.5 Å². The minimum absolute atomic E-state index is 0.00904. The number of carbonyl (C=O) groups excluding carboxylic acids is 1. The summed E-state index contributed by atoms with van der Waals surface area (Å²) in [7, 11) is 0. The summed E-state index contributed by atoms with van der Waals surface area (Å²) >= 11 is 0. The number of hydrogen-bond donors (Lipinski definition) is 1. The molecule has 0 aromatic heterocycles. The van der Waals surface area contributed by atoms with Crippen LogP contribution >= 0.6 is 0 Å². The van der Waals surface area contributed by atoms with Gasteiger partial charge in [0.2, 0.25) is 0 Å². The molecule has 4 nitrogen and oxygen atoms in total. The number of hydrogen-bond acceptors (Lipinski definition) is 3. The maximum Gasteiger partial charge on any atom is 0.262 e. The molecule has 0 bridgehead atoms. The van der Waals surface area contributed by atoms with Crippen molar-refractivity contribution in [2.45, 2.75) is 40.0 Å². The van der Waals surface area contributed by atoms with Gasteiger partial charge >= 0.3 is 0 Å². The minimum atomic E-state index is -0.163. The fraction of sp³-hybridized carbons (Fsp3) is 0.409. The summed E-state index contributed by atoms with van der Waals surface area (Å²) in [6.07, 6.45) is 0. The normalized spacial score (nSPS) is 11.1. The predicted molar refractivity (Wildman–Crippen MR) is 109 cm³/mol. The van der Waals surface area contributed by atoms with Gasteiger partial charge in [-0.05, 0) is 55.2 Å². The van der Waals surface area contributed by atoms with E-state index >= 15 is 0 Å². The monoisotopic (exact) mass is 354 g/mol. The second-order valence-corrected chi connectivity index (χ2v) is 7.30. The highest BCUT2D eigenvalue weighted by Gasteiger charge is 2.18. The van der Waals surface area contributed by atoms with Gasteiger partial charge in [-0.2, -0.15) is 0 Å². The number of nitrogens with one attached hydrogen (secondary N) is 1. The number of benzene rings is 2. The topological polar surface area (TPSA) is 41.6 Å². The van der Waals surface area contributed by atoms with Crippen molar-refractivity contribution >= 4 is 17.3 Å². The van der Waals surface area contributed by atoms with E-state index in [4.69, 9.17) is 4.74 Å². The van der Waals surface area contributed by atoms with Crippen LogP contribution in [0.1, 0.15) is 40.2 Å². The number of para-hydroxylation sites is 1. The molecule has 0 fully saturated rings. The number of anilines is 2. The summed E-state index contributed by atoms with van der Waals surface area (Å²) in [5.74, 6) is 0.594. The van der Waals surface area contributed by atoms with Crippen molar-refractivity contribution in [3.05, 3.63) is 54.1 Å². The number of carbonyl (C=O) groups is 1. The first kappa shape index (κ1) is 19.8. The highest BCUT2D eigenvalue weighted by Crippen LogP contribution is 2.30. The first-order valence-electron chi connectivity index (χ1n) is 9.22. The SMILES string of the molecule is CCN(CC)c1ccc(NC(=O)COc2ccccc2C(C)(C)C)cc1. The van der Waals surface area contributed by atoms with Gasteiger partial charge in [-0.15, -0.1) is 0 Å². The lowest BCUT2D eigenvalue weighted by Gasteiger charge is -2.22. The fourth-order valence-corrected chi connectivity index (χ4v) is 2.90. The molecule has 4 heteroatoms. The van der Waals surface area contributed by atoms with E-state index in [0.29, 0.717) is 0 Å². The van der Waals surface area contributed by atoms with E-state index in [0.717, 1.165) is 35.8 Å². The zero-order valence-corrected chi connectivity index (χ0v) is 16.5. The van der Waals surface area contributed by atoms with Gasteiger partial charge in [0.1, 0.15) is 5.75 Å². The fourth-order valence-electron chi connectivity index (χ4n) is 2.90. The van der Waals surface area contributed by atoms with Crippen LogP contribution < -0.4 is 15.0 Å². The molecule has 2 aromatic rings. The van der Waals surface area contributed by atoms with Gasteiger partial charge in [0, 0.05) is 24.5 Å². The molecule has 0 radical (unpaired) electrons. The van der Waals surface area contributed by atoms with Crippen LogP contribution in [-0.4, -0.2) is 25.6 Å². The van der Waals surface area contributed by atoms with Gasteiger partial charge in [0.25, 0.3) is 5.91 Å². The third kappa shape index (κ3) is 5.25. The molecule has 0 saturated heterocycles. The quantitative estimate of drug-likeness (QED) is 0.773. The Morgan fingerprint density at radius 3 is 2.19 bits per heavy atom. The molecule has 0 atom stereocenters. The van der Waals surface area contributed by atoms with Gasteiger partial charge in [-0.25, -0.2) is 0 Å². The summed E-state index contributed by atoms with van der Waals surface area (Å²) in [4.78, 5) is 14.5. The van der Waals surface area contributed by atoms with Gasteiger partial charge in [0.05, 0.1) is 0 Å². The van der Waals surface area contributed by atoms with Crippen LogP contribution in [0.4, 0.5) is 11.4 Å². The van der Waals surface area contributed by atoms with E-state index in [1.165, 1.54) is 0 Å². The van der Waals surface area contributed by atoms with Crippen molar-refractivity contribution in [2.24, 2.45) is 0 Å². The number of nitrogens with zero attached hydrogens (tertiary/aromatic N) is 1. The Bertz CT molecular complexity index is 714. The van der Waals surface area contributed by atoms with Crippen molar-refractivity contribution in [3.8, 4) is 5.75 Å². The molecule has 26 heavy (non-hydrogen) atoms. The minimum Gasteiger partial charge on any atom is -0.483 e. The van der Waals surface area contributed by atoms with Crippen LogP contribution in [-0.2, 0) is 10.2 Å². The average Bonchev–Trinajstić information content (AvgIpc) is 2.62. The predicted octanol–water partition coefficient (Wildman–Crippen LogP) is 4.85.